The molecule has 4 aliphatic rings. The van der Waals surface area contributed by atoms with E-state index in [1.807, 2.05) is 24.1 Å². The van der Waals surface area contributed by atoms with Crippen LogP contribution in [-0.4, -0.2) is 34.8 Å². The van der Waals surface area contributed by atoms with Crippen molar-refractivity contribution in [3.05, 3.63) is 36.7 Å². The van der Waals surface area contributed by atoms with Crippen LogP contribution in [0.25, 0.3) is 0 Å². The van der Waals surface area contributed by atoms with Crippen LogP contribution in [-0.2, 0) is 9.59 Å². The van der Waals surface area contributed by atoms with E-state index in [0.717, 1.165) is 37.8 Å². The van der Waals surface area contributed by atoms with Gasteiger partial charge < -0.3 is 10.2 Å². The standard InChI is InChI=1S/C25H33N3O2/c1-24-12-8-19-17(4-7-21-25(19,2)13-9-22(29)28(21)3)18(24)5-6-20(24)23(30)27-16-10-14-26-15-11-16/h9-11,13-15,17-21H,4-8,12H2,1-3H3,(H,26,27,30)/t17?,18?,19?,20-,21?,24+,25-/m1/s1. The molecule has 160 valence electrons. The average molecular weight is 408 g/mol. The summed E-state index contributed by atoms with van der Waals surface area (Å²) < 4.78 is 0. The Morgan fingerprint density at radius 2 is 1.87 bits per heavy atom. The molecule has 0 saturated heterocycles. The van der Waals surface area contributed by atoms with Crippen LogP contribution in [0.3, 0.4) is 0 Å². The topological polar surface area (TPSA) is 62.3 Å². The molecule has 5 heteroatoms. The molecule has 0 bridgehead atoms. The van der Waals surface area contributed by atoms with Gasteiger partial charge in [0.05, 0.1) is 0 Å². The summed E-state index contributed by atoms with van der Waals surface area (Å²) in [6, 6.07) is 4.03. The Bertz CT molecular complexity index is 884. The van der Waals surface area contributed by atoms with Crippen LogP contribution in [0.5, 0.6) is 0 Å². The minimum absolute atomic E-state index is 0.0598. The number of rotatable bonds is 2. The van der Waals surface area contributed by atoms with Crippen LogP contribution >= 0.6 is 0 Å². The smallest absolute Gasteiger partial charge is 0.246 e. The fourth-order valence-electron chi connectivity index (χ4n) is 7.83. The number of nitrogens with zero attached hydrogens (tertiary/aromatic N) is 2. The Labute approximate surface area is 179 Å². The number of carbonyl (C=O) groups excluding carboxylic acids is 2. The molecule has 1 aromatic heterocycles. The average Bonchev–Trinajstić information content (AvgIpc) is 3.09. The molecule has 2 heterocycles. The first-order valence-corrected chi connectivity index (χ1v) is 11.5. The first kappa shape index (κ1) is 19.8. The number of hydrogen-bond donors (Lipinski definition) is 1. The van der Waals surface area contributed by atoms with E-state index < -0.39 is 0 Å². The van der Waals surface area contributed by atoms with E-state index in [0.29, 0.717) is 23.8 Å². The van der Waals surface area contributed by atoms with Gasteiger partial charge >= 0.3 is 0 Å². The van der Waals surface area contributed by atoms with Crippen LogP contribution in [0, 0.1) is 34.5 Å². The van der Waals surface area contributed by atoms with Crippen molar-refractivity contribution in [3.8, 4) is 0 Å². The van der Waals surface area contributed by atoms with Crippen molar-refractivity contribution in [1.29, 1.82) is 0 Å². The normalized spacial score (nSPS) is 42.3. The summed E-state index contributed by atoms with van der Waals surface area (Å²) in [5, 5.41) is 3.14. The zero-order valence-corrected chi connectivity index (χ0v) is 18.3. The SMILES string of the molecule is CN1C(=O)C=C[C@]2(C)C3CC[C@@]4(C)C(CC[C@@H]4C(=O)Nc4ccncc4)C3CCC12. The highest BCUT2D eigenvalue weighted by molar-refractivity contribution is 5.93. The third kappa shape index (κ3) is 2.77. The minimum Gasteiger partial charge on any atom is -0.338 e. The fraction of sp³-hybridized carbons (Fsp3) is 0.640. The highest BCUT2D eigenvalue weighted by Gasteiger charge is 2.61. The van der Waals surface area contributed by atoms with Crippen LogP contribution in [0.4, 0.5) is 5.69 Å². The number of nitrogens with one attached hydrogen (secondary N) is 1. The number of amides is 2. The summed E-state index contributed by atoms with van der Waals surface area (Å²) >= 11 is 0. The fourth-order valence-corrected chi connectivity index (χ4v) is 7.83. The molecule has 0 radical (unpaired) electrons. The Morgan fingerprint density at radius 3 is 2.63 bits per heavy atom. The van der Waals surface area contributed by atoms with Crippen LogP contribution < -0.4 is 5.32 Å². The molecule has 1 N–H and O–H groups in total. The zero-order chi connectivity index (χ0) is 21.1. The molecule has 3 saturated carbocycles. The summed E-state index contributed by atoms with van der Waals surface area (Å²) in [6.45, 7) is 4.75. The number of hydrogen-bond acceptors (Lipinski definition) is 3. The first-order chi connectivity index (χ1) is 14.3. The Morgan fingerprint density at radius 1 is 1.10 bits per heavy atom. The van der Waals surface area contributed by atoms with Gasteiger partial charge in [0.2, 0.25) is 11.8 Å². The minimum atomic E-state index is 0.0598. The van der Waals surface area contributed by atoms with Crippen molar-refractivity contribution in [2.75, 3.05) is 12.4 Å². The third-order valence-electron chi connectivity index (χ3n) is 9.39. The van der Waals surface area contributed by atoms with Crippen molar-refractivity contribution in [2.45, 2.75) is 58.4 Å². The molecule has 3 aliphatic carbocycles. The van der Waals surface area contributed by atoms with E-state index in [1.165, 1.54) is 6.42 Å². The molecule has 0 spiro atoms. The van der Waals surface area contributed by atoms with Crippen molar-refractivity contribution >= 4 is 17.5 Å². The van der Waals surface area contributed by atoms with Gasteiger partial charge in [0, 0.05) is 42.5 Å². The lowest BCUT2D eigenvalue weighted by Gasteiger charge is -2.60. The molecule has 2 amide bonds. The summed E-state index contributed by atoms with van der Waals surface area (Å²) in [4.78, 5) is 31.5. The number of carbonyl (C=O) groups is 2. The van der Waals surface area contributed by atoms with E-state index in [2.05, 4.69) is 30.2 Å². The van der Waals surface area contributed by atoms with E-state index in [9.17, 15) is 9.59 Å². The Hall–Kier alpha value is -2.17. The zero-order valence-electron chi connectivity index (χ0n) is 18.3. The molecule has 0 aromatic carbocycles. The lowest BCUT2D eigenvalue weighted by molar-refractivity contribution is -0.141. The van der Waals surface area contributed by atoms with Gasteiger partial charge in [0.25, 0.3) is 0 Å². The summed E-state index contributed by atoms with van der Waals surface area (Å²) in [6.07, 6.45) is 14.1. The first-order valence-electron chi connectivity index (χ1n) is 11.5. The maximum Gasteiger partial charge on any atom is 0.246 e. The van der Waals surface area contributed by atoms with Gasteiger partial charge in [-0.3, -0.25) is 14.6 Å². The van der Waals surface area contributed by atoms with Crippen LogP contribution in [0.2, 0.25) is 0 Å². The highest BCUT2D eigenvalue weighted by atomic mass is 16.2. The lowest BCUT2D eigenvalue weighted by atomic mass is 9.47. The predicted octanol–water partition coefficient (Wildman–Crippen LogP) is 4.28. The van der Waals surface area contributed by atoms with Gasteiger partial charge in [0.1, 0.15) is 0 Å². The molecule has 5 rings (SSSR count). The van der Waals surface area contributed by atoms with E-state index in [1.54, 1.807) is 18.5 Å². The largest absolute Gasteiger partial charge is 0.338 e. The van der Waals surface area contributed by atoms with E-state index in [-0.39, 0.29) is 28.6 Å². The number of fused-ring (bicyclic) bond motifs is 5. The number of likely N-dealkylation sites (N-methyl/N-ethyl adjacent to an activating group) is 1. The lowest BCUT2D eigenvalue weighted by Crippen LogP contribution is -2.59. The predicted molar refractivity (Wildman–Crippen MR) is 116 cm³/mol. The Kier molecular flexibility index (Phi) is 4.57. The molecular formula is C25H33N3O2. The number of aromatic nitrogens is 1. The van der Waals surface area contributed by atoms with Crippen molar-refractivity contribution < 1.29 is 9.59 Å². The van der Waals surface area contributed by atoms with Crippen LogP contribution in [0.1, 0.15) is 52.4 Å². The summed E-state index contributed by atoms with van der Waals surface area (Å²) in [7, 11) is 1.97. The van der Waals surface area contributed by atoms with E-state index in [4.69, 9.17) is 0 Å². The van der Waals surface area contributed by atoms with Gasteiger partial charge in [-0.25, -0.2) is 0 Å². The van der Waals surface area contributed by atoms with E-state index >= 15 is 0 Å². The molecule has 1 aromatic rings. The van der Waals surface area contributed by atoms with Gasteiger partial charge in [-0.1, -0.05) is 19.9 Å². The third-order valence-corrected chi connectivity index (χ3v) is 9.39. The molecule has 7 atom stereocenters. The Balaban J connectivity index is 1.38. The molecule has 3 fully saturated rings. The van der Waals surface area contributed by atoms with Crippen molar-refractivity contribution in [2.24, 2.45) is 34.5 Å². The number of pyridine rings is 1. The maximum absolute atomic E-state index is 13.2. The quantitative estimate of drug-likeness (QED) is 0.796. The summed E-state index contributed by atoms with van der Waals surface area (Å²) in [5.74, 6) is 2.24. The molecule has 30 heavy (non-hydrogen) atoms. The van der Waals surface area contributed by atoms with Crippen LogP contribution in [0.15, 0.2) is 36.7 Å². The van der Waals surface area contributed by atoms with Crippen molar-refractivity contribution in [3.63, 3.8) is 0 Å². The molecular weight excluding hydrogens is 374 g/mol. The molecule has 5 nitrogen and oxygen atoms in total. The van der Waals surface area contributed by atoms with Gasteiger partial charge in [-0.05, 0) is 79.9 Å². The second-order valence-electron chi connectivity index (χ2n) is 10.5. The highest BCUT2D eigenvalue weighted by Crippen LogP contribution is 2.65. The maximum atomic E-state index is 13.2. The summed E-state index contributed by atoms with van der Waals surface area (Å²) in [5.41, 5.74) is 0.968. The molecule has 1 aliphatic heterocycles. The van der Waals surface area contributed by atoms with Gasteiger partial charge in [-0.15, -0.1) is 0 Å². The monoisotopic (exact) mass is 407 g/mol. The van der Waals surface area contributed by atoms with Crippen molar-refractivity contribution in [1.82, 2.24) is 9.88 Å². The number of anilines is 1. The second-order valence-corrected chi connectivity index (χ2v) is 10.5. The van der Waals surface area contributed by atoms with Gasteiger partial charge in [0.15, 0.2) is 0 Å². The van der Waals surface area contributed by atoms with Gasteiger partial charge in [-0.2, -0.15) is 0 Å². The second kappa shape index (κ2) is 6.93. The molecule has 4 unspecified atom stereocenters.